The predicted octanol–water partition coefficient (Wildman–Crippen LogP) is 7.06. The maximum Gasteiger partial charge on any atom is 0.308 e. The molecule has 268 valence electrons. The van der Waals surface area contributed by atoms with Crippen LogP contribution >= 0.6 is 11.8 Å². The number of carbonyl (C=O) groups excluding carboxylic acids is 5. The smallest absolute Gasteiger partial charge is 0.308 e. The van der Waals surface area contributed by atoms with E-state index in [0.717, 1.165) is 83.5 Å². The zero-order chi connectivity index (χ0) is 34.6. The molecule has 0 aromatic heterocycles. The lowest BCUT2D eigenvalue weighted by Crippen LogP contribution is -2.33. The third-order valence-electron chi connectivity index (χ3n) is 7.70. The van der Waals surface area contributed by atoms with E-state index in [1.165, 1.54) is 11.8 Å². The fourth-order valence-corrected chi connectivity index (χ4v) is 5.50. The van der Waals surface area contributed by atoms with Crippen LogP contribution in [0.25, 0.3) is 0 Å². The molecule has 0 fully saturated rings. The van der Waals surface area contributed by atoms with E-state index in [1.807, 2.05) is 27.9 Å². The van der Waals surface area contributed by atoms with Gasteiger partial charge in [-0.15, -0.1) is 0 Å². The Kier molecular flexibility index (Phi) is 27.7. The zero-order valence-electron chi connectivity index (χ0n) is 29.7. The van der Waals surface area contributed by atoms with Gasteiger partial charge in [-0.2, -0.15) is 0 Å². The molecule has 1 amide bonds. The Bertz CT molecular complexity index is 807. The standard InChI is InChI=1S/C35H64N2O8S/c1-7-9-11-13-19-29(3)33(40)43-27-31(28-44-34(41)30(4)20-14-12-10-8-2)45-32(39)21-17-24-37(23-15-16-25-38)35(42)46-26-18-22-36(5)6/h25,29-31H,7-24,26-28H2,1-6H3. The van der Waals surface area contributed by atoms with Gasteiger partial charge in [0.05, 0.1) is 11.8 Å². The van der Waals surface area contributed by atoms with Crippen molar-refractivity contribution in [1.82, 2.24) is 9.80 Å². The minimum atomic E-state index is -0.919. The van der Waals surface area contributed by atoms with E-state index in [2.05, 4.69) is 18.7 Å². The quantitative estimate of drug-likeness (QED) is 0.0353. The summed E-state index contributed by atoms with van der Waals surface area (Å²) in [6.07, 6.45) is 12.1. The van der Waals surface area contributed by atoms with Gasteiger partial charge in [0, 0.05) is 31.7 Å². The molecule has 0 bridgehead atoms. The van der Waals surface area contributed by atoms with Gasteiger partial charge in [-0.05, 0) is 52.7 Å². The molecular formula is C35H64N2O8S. The number of carbonyl (C=O) groups is 5. The summed E-state index contributed by atoms with van der Waals surface area (Å²) >= 11 is 1.25. The minimum Gasteiger partial charge on any atom is -0.461 e. The van der Waals surface area contributed by atoms with Crippen LogP contribution in [0.5, 0.6) is 0 Å². The number of esters is 3. The van der Waals surface area contributed by atoms with Gasteiger partial charge in [-0.1, -0.05) is 90.8 Å². The highest BCUT2D eigenvalue weighted by atomic mass is 32.2. The second kappa shape index (κ2) is 29.0. The summed E-state index contributed by atoms with van der Waals surface area (Å²) in [5.41, 5.74) is 0. The van der Waals surface area contributed by atoms with Crippen molar-refractivity contribution in [3.8, 4) is 0 Å². The maximum atomic E-state index is 12.8. The molecule has 0 aromatic carbocycles. The molecule has 0 aliphatic rings. The second-order valence-corrected chi connectivity index (χ2v) is 13.6. The van der Waals surface area contributed by atoms with Gasteiger partial charge < -0.3 is 28.8 Å². The van der Waals surface area contributed by atoms with E-state index in [0.29, 0.717) is 38.1 Å². The number of hydrogen-bond donors (Lipinski definition) is 0. The van der Waals surface area contributed by atoms with Crippen molar-refractivity contribution in [2.75, 3.05) is 52.7 Å². The van der Waals surface area contributed by atoms with E-state index in [4.69, 9.17) is 14.2 Å². The fourth-order valence-electron chi connectivity index (χ4n) is 4.69. The lowest BCUT2D eigenvalue weighted by molar-refractivity contribution is -0.169. The largest absolute Gasteiger partial charge is 0.461 e. The monoisotopic (exact) mass is 672 g/mol. The molecule has 0 rings (SSSR count). The van der Waals surface area contributed by atoms with Crippen molar-refractivity contribution in [2.24, 2.45) is 11.8 Å². The van der Waals surface area contributed by atoms with E-state index < -0.39 is 12.1 Å². The Morgan fingerprint density at radius 3 is 1.76 bits per heavy atom. The number of amides is 1. The maximum absolute atomic E-state index is 12.8. The molecule has 11 heteroatoms. The molecule has 10 nitrogen and oxygen atoms in total. The van der Waals surface area contributed by atoms with Crippen LogP contribution in [0.3, 0.4) is 0 Å². The fraction of sp³-hybridized carbons (Fsp3) is 0.857. The van der Waals surface area contributed by atoms with Crippen LogP contribution < -0.4 is 0 Å². The molecule has 2 unspecified atom stereocenters. The first-order valence-electron chi connectivity index (χ1n) is 17.6. The molecular weight excluding hydrogens is 608 g/mol. The van der Waals surface area contributed by atoms with Gasteiger partial charge in [-0.3, -0.25) is 19.2 Å². The van der Waals surface area contributed by atoms with Crippen LogP contribution in [0.2, 0.25) is 0 Å². The van der Waals surface area contributed by atoms with E-state index >= 15 is 0 Å². The van der Waals surface area contributed by atoms with Crippen LogP contribution in [0.4, 0.5) is 4.79 Å². The third-order valence-corrected chi connectivity index (χ3v) is 8.70. The molecule has 0 aliphatic carbocycles. The first-order chi connectivity index (χ1) is 22.0. The molecule has 0 aromatic rings. The van der Waals surface area contributed by atoms with Gasteiger partial charge in [0.25, 0.3) is 5.24 Å². The van der Waals surface area contributed by atoms with Gasteiger partial charge in [0.15, 0.2) is 6.10 Å². The number of aldehydes is 1. The highest BCUT2D eigenvalue weighted by molar-refractivity contribution is 8.13. The van der Waals surface area contributed by atoms with Gasteiger partial charge in [-0.25, -0.2) is 0 Å². The summed E-state index contributed by atoms with van der Waals surface area (Å²) in [6.45, 7) is 9.23. The van der Waals surface area contributed by atoms with Crippen LogP contribution in [-0.4, -0.2) is 98.0 Å². The zero-order valence-corrected chi connectivity index (χ0v) is 30.5. The summed E-state index contributed by atoms with van der Waals surface area (Å²) in [4.78, 5) is 65.5. The predicted molar refractivity (Wildman–Crippen MR) is 185 cm³/mol. The summed E-state index contributed by atoms with van der Waals surface area (Å²) in [7, 11) is 3.98. The first-order valence-corrected chi connectivity index (χ1v) is 18.6. The van der Waals surface area contributed by atoms with Crippen molar-refractivity contribution in [3.63, 3.8) is 0 Å². The number of thioether (sulfide) groups is 1. The Morgan fingerprint density at radius 1 is 0.717 bits per heavy atom. The molecule has 0 aliphatic heterocycles. The number of hydrogen-bond acceptors (Lipinski definition) is 10. The lowest BCUT2D eigenvalue weighted by atomic mass is 10.0. The van der Waals surface area contributed by atoms with Crippen molar-refractivity contribution in [2.45, 2.75) is 130 Å². The number of unbranched alkanes of at least 4 members (excludes halogenated alkanes) is 7. The number of ether oxygens (including phenoxy) is 3. The van der Waals surface area contributed by atoms with Crippen molar-refractivity contribution >= 4 is 41.2 Å². The lowest BCUT2D eigenvalue weighted by Gasteiger charge is -2.23. The van der Waals surface area contributed by atoms with Crippen molar-refractivity contribution in [3.05, 3.63) is 0 Å². The Labute approximate surface area is 283 Å². The molecule has 0 spiro atoms. The van der Waals surface area contributed by atoms with Gasteiger partial charge in [0.1, 0.15) is 19.5 Å². The summed E-state index contributed by atoms with van der Waals surface area (Å²) in [5.74, 6) is -1.10. The summed E-state index contributed by atoms with van der Waals surface area (Å²) < 4.78 is 16.6. The average Bonchev–Trinajstić information content (AvgIpc) is 3.03. The second-order valence-electron chi connectivity index (χ2n) is 12.5. The Hall–Kier alpha value is -2.14. The minimum absolute atomic E-state index is 0.0445. The van der Waals surface area contributed by atoms with Gasteiger partial charge in [0.2, 0.25) is 0 Å². The molecule has 0 heterocycles. The molecule has 0 saturated heterocycles. The van der Waals surface area contributed by atoms with Crippen molar-refractivity contribution < 1.29 is 38.2 Å². The van der Waals surface area contributed by atoms with Crippen LogP contribution in [0.1, 0.15) is 124 Å². The summed E-state index contributed by atoms with van der Waals surface area (Å²) in [5, 5.41) is -0.0673. The Morgan fingerprint density at radius 2 is 1.26 bits per heavy atom. The topological polar surface area (TPSA) is 120 Å². The SMILES string of the molecule is CCCCCCC(C)C(=O)OCC(COC(=O)C(C)CCCCCC)OC(=O)CCCN(CCCC=O)C(=O)SCCCN(C)C. The first kappa shape index (κ1) is 43.9. The Balaban J connectivity index is 5.09. The normalized spacial score (nSPS) is 13.1. The number of rotatable bonds is 29. The van der Waals surface area contributed by atoms with Crippen LogP contribution in [0, 0.1) is 11.8 Å². The molecule has 2 atom stereocenters. The van der Waals surface area contributed by atoms with Crippen molar-refractivity contribution in [1.29, 1.82) is 0 Å². The molecule has 46 heavy (non-hydrogen) atoms. The van der Waals surface area contributed by atoms with Gasteiger partial charge >= 0.3 is 17.9 Å². The highest BCUT2D eigenvalue weighted by Crippen LogP contribution is 2.16. The molecule has 0 radical (unpaired) electrons. The summed E-state index contributed by atoms with van der Waals surface area (Å²) in [6, 6.07) is 0. The highest BCUT2D eigenvalue weighted by Gasteiger charge is 2.24. The average molecular weight is 673 g/mol. The molecule has 0 N–H and O–H groups in total. The van der Waals surface area contributed by atoms with E-state index in [9.17, 15) is 24.0 Å². The van der Waals surface area contributed by atoms with Crippen LogP contribution in [-0.2, 0) is 33.4 Å². The van der Waals surface area contributed by atoms with E-state index in [1.54, 1.807) is 4.90 Å². The van der Waals surface area contributed by atoms with Crippen LogP contribution in [0.15, 0.2) is 0 Å². The third kappa shape index (κ3) is 24.1. The number of nitrogens with zero attached hydrogens (tertiary/aromatic N) is 2. The van der Waals surface area contributed by atoms with E-state index in [-0.39, 0.29) is 48.6 Å². The molecule has 0 saturated carbocycles.